The third-order valence-electron chi connectivity index (χ3n) is 5.81. The molecule has 0 aliphatic carbocycles. The molecule has 7 nitrogen and oxygen atoms in total. The topological polar surface area (TPSA) is 100 Å². The lowest BCUT2D eigenvalue weighted by Gasteiger charge is -2.36. The molecule has 0 bridgehead atoms. The Morgan fingerprint density at radius 3 is 2.12 bits per heavy atom. The summed E-state index contributed by atoms with van der Waals surface area (Å²) >= 11 is 5.41. The minimum atomic E-state index is -1.28. The summed E-state index contributed by atoms with van der Waals surface area (Å²) in [4.78, 5) is 13.1. The number of ether oxygens (including phenoxy) is 2. The van der Waals surface area contributed by atoms with Crippen LogP contribution in [0, 0.1) is 5.41 Å². The molecular formula is C26H24N2O5S. The average molecular weight is 477 g/mol. The van der Waals surface area contributed by atoms with Gasteiger partial charge in [-0.2, -0.15) is 0 Å². The van der Waals surface area contributed by atoms with Crippen molar-refractivity contribution in [1.29, 1.82) is 0 Å². The van der Waals surface area contributed by atoms with Gasteiger partial charge in [0.1, 0.15) is 23.0 Å². The van der Waals surface area contributed by atoms with Crippen LogP contribution in [0.1, 0.15) is 47.8 Å². The molecule has 2 aliphatic heterocycles. The SMILES string of the molecule is CC(C)(C)CNC(=S)Nc1ccc2c(c1)C(=O)OC21c2ccc(O)cc2Oc2cc(O)ccc21. The van der Waals surface area contributed by atoms with Gasteiger partial charge in [0.15, 0.2) is 10.7 Å². The molecule has 4 N–H and O–H groups in total. The first-order valence-corrected chi connectivity index (χ1v) is 11.3. The molecule has 0 saturated carbocycles. The Hall–Kier alpha value is -3.78. The first-order valence-electron chi connectivity index (χ1n) is 10.8. The molecule has 0 amide bonds. The standard InChI is InChI=1S/C26H24N2O5S/c1-25(2,3)13-27-24(34)28-14-4-7-18-17(10-14)23(31)33-26(18)19-8-5-15(29)11-21(19)32-22-12-16(30)6-9-20(22)26/h4-12,29-30H,13H2,1-3H3,(H2,27,28,34). The summed E-state index contributed by atoms with van der Waals surface area (Å²) in [6.07, 6.45) is 0. The molecule has 0 aromatic heterocycles. The number of hydrogen-bond donors (Lipinski definition) is 4. The average Bonchev–Trinajstić information content (AvgIpc) is 3.04. The Morgan fingerprint density at radius 2 is 1.53 bits per heavy atom. The molecule has 5 rings (SSSR count). The number of benzene rings is 3. The molecule has 3 aromatic carbocycles. The number of phenols is 2. The van der Waals surface area contributed by atoms with E-state index in [1.54, 1.807) is 18.2 Å². The number of carbonyl (C=O) groups is 1. The van der Waals surface area contributed by atoms with E-state index < -0.39 is 11.6 Å². The Bertz CT molecular complexity index is 1290. The Balaban J connectivity index is 1.59. The number of carbonyl (C=O) groups excluding carboxylic acids is 1. The predicted molar refractivity (Wildman–Crippen MR) is 132 cm³/mol. The van der Waals surface area contributed by atoms with E-state index >= 15 is 0 Å². The van der Waals surface area contributed by atoms with Crippen LogP contribution in [-0.2, 0) is 10.3 Å². The van der Waals surface area contributed by atoms with Crippen LogP contribution in [0.15, 0.2) is 54.6 Å². The number of rotatable bonds is 2. The second-order valence-corrected chi connectivity index (χ2v) is 10.1. The molecule has 174 valence electrons. The summed E-state index contributed by atoms with van der Waals surface area (Å²) in [5.74, 6) is 0.213. The molecule has 2 heterocycles. The second kappa shape index (κ2) is 7.63. The third kappa shape index (κ3) is 3.60. The van der Waals surface area contributed by atoms with E-state index in [9.17, 15) is 15.0 Å². The summed E-state index contributed by atoms with van der Waals surface area (Å²) in [5.41, 5.74) is 1.63. The van der Waals surface area contributed by atoms with Crippen LogP contribution >= 0.6 is 12.2 Å². The summed E-state index contributed by atoms with van der Waals surface area (Å²) in [6.45, 7) is 7.02. The van der Waals surface area contributed by atoms with E-state index in [0.717, 1.165) is 0 Å². The van der Waals surface area contributed by atoms with E-state index in [2.05, 4.69) is 31.4 Å². The highest BCUT2D eigenvalue weighted by Crippen LogP contribution is 2.57. The Labute approximate surface area is 202 Å². The van der Waals surface area contributed by atoms with Crippen molar-refractivity contribution in [3.63, 3.8) is 0 Å². The van der Waals surface area contributed by atoms with Crippen LogP contribution in [0.4, 0.5) is 5.69 Å². The van der Waals surface area contributed by atoms with Crippen molar-refractivity contribution in [1.82, 2.24) is 5.32 Å². The molecule has 0 fully saturated rings. The summed E-state index contributed by atoms with van der Waals surface area (Å²) in [6, 6.07) is 14.7. The van der Waals surface area contributed by atoms with E-state index in [1.165, 1.54) is 24.3 Å². The monoisotopic (exact) mass is 476 g/mol. The van der Waals surface area contributed by atoms with Gasteiger partial charge in [0.05, 0.1) is 5.56 Å². The van der Waals surface area contributed by atoms with Gasteiger partial charge in [0.25, 0.3) is 0 Å². The Kier molecular flexibility index (Phi) is 4.95. The highest BCUT2D eigenvalue weighted by atomic mass is 32.1. The van der Waals surface area contributed by atoms with E-state index in [4.69, 9.17) is 21.7 Å². The molecule has 8 heteroatoms. The van der Waals surface area contributed by atoms with E-state index in [-0.39, 0.29) is 16.9 Å². The van der Waals surface area contributed by atoms with Crippen molar-refractivity contribution in [3.05, 3.63) is 76.9 Å². The first kappa shape index (κ1) is 22.0. The lowest BCUT2D eigenvalue weighted by Crippen LogP contribution is -2.35. The van der Waals surface area contributed by atoms with Gasteiger partial charge >= 0.3 is 5.97 Å². The van der Waals surface area contributed by atoms with E-state index in [1.807, 2.05) is 12.1 Å². The van der Waals surface area contributed by atoms with Gasteiger partial charge in [-0.15, -0.1) is 0 Å². The fraction of sp³-hybridized carbons (Fsp3) is 0.231. The number of aromatic hydroxyl groups is 2. The molecular weight excluding hydrogens is 452 g/mol. The first-order chi connectivity index (χ1) is 16.1. The van der Waals surface area contributed by atoms with Gasteiger partial charge in [-0.05, 0) is 54.0 Å². The maximum absolute atomic E-state index is 13.1. The summed E-state index contributed by atoms with van der Waals surface area (Å²) < 4.78 is 12.0. The van der Waals surface area contributed by atoms with Crippen molar-refractivity contribution < 1.29 is 24.5 Å². The summed E-state index contributed by atoms with van der Waals surface area (Å²) in [7, 11) is 0. The zero-order valence-corrected chi connectivity index (χ0v) is 19.7. The summed E-state index contributed by atoms with van der Waals surface area (Å²) in [5, 5.41) is 26.8. The van der Waals surface area contributed by atoms with Gasteiger partial charge in [-0.1, -0.05) is 26.8 Å². The van der Waals surface area contributed by atoms with Crippen molar-refractivity contribution in [2.75, 3.05) is 11.9 Å². The number of phenolic OH excluding ortho intramolecular Hbond substituents is 2. The molecule has 0 saturated heterocycles. The van der Waals surface area contributed by atoms with Gasteiger partial charge < -0.3 is 30.3 Å². The van der Waals surface area contributed by atoms with Gasteiger partial charge in [-0.25, -0.2) is 4.79 Å². The van der Waals surface area contributed by atoms with Crippen molar-refractivity contribution in [3.8, 4) is 23.0 Å². The fourth-order valence-corrected chi connectivity index (χ4v) is 4.49. The van der Waals surface area contributed by atoms with Crippen LogP contribution in [0.25, 0.3) is 0 Å². The van der Waals surface area contributed by atoms with Crippen LogP contribution in [0.5, 0.6) is 23.0 Å². The number of thiocarbonyl (C=S) groups is 1. The Morgan fingerprint density at radius 1 is 0.941 bits per heavy atom. The second-order valence-electron chi connectivity index (χ2n) is 9.66. The van der Waals surface area contributed by atoms with Gasteiger partial charge in [-0.3, -0.25) is 0 Å². The zero-order chi connectivity index (χ0) is 24.3. The van der Waals surface area contributed by atoms with Gasteiger partial charge in [0, 0.05) is 41.1 Å². The smallest absolute Gasteiger partial charge is 0.340 e. The van der Waals surface area contributed by atoms with Crippen LogP contribution in [0.2, 0.25) is 0 Å². The minimum absolute atomic E-state index is 0.0119. The van der Waals surface area contributed by atoms with Crippen molar-refractivity contribution >= 4 is 29.0 Å². The highest BCUT2D eigenvalue weighted by Gasteiger charge is 2.53. The molecule has 0 radical (unpaired) electrons. The van der Waals surface area contributed by atoms with Crippen LogP contribution in [0.3, 0.4) is 0 Å². The molecule has 1 spiro atoms. The normalized spacial score (nSPS) is 15.0. The lowest BCUT2D eigenvalue weighted by atomic mass is 9.77. The predicted octanol–water partition coefficient (Wildman–Crippen LogP) is 5.00. The number of nitrogens with one attached hydrogen (secondary N) is 2. The maximum atomic E-state index is 13.1. The van der Waals surface area contributed by atoms with E-state index in [0.29, 0.717) is 51.1 Å². The third-order valence-corrected chi connectivity index (χ3v) is 6.06. The minimum Gasteiger partial charge on any atom is -0.508 e. The number of fused-ring (bicyclic) bond motifs is 6. The molecule has 34 heavy (non-hydrogen) atoms. The molecule has 3 aromatic rings. The largest absolute Gasteiger partial charge is 0.508 e. The highest BCUT2D eigenvalue weighted by molar-refractivity contribution is 7.80. The quantitative estimate of drug-likeness (QED) is 0.303. The van der Waals surface area contributed by atoms with Gasteiger partial charge in [0.2, 0.25) is 0 Å². The van der Waals surface area contributed by atoms with Crippen molar-refractivity contribution in [2.45, 2.75) is 26.4 Å². The number of esters is 1. The molecule has 0 atom stereocenters. The molecule has 0 unspecified atom stereocenters. The molecule has 2 aliphatic rings. The van der Waals surface area contributed by atoms with Crippen molar-refractivity contribution in [2.24, 2.45) is 5.41 Å². The maximum Gasteiger partial charge on any atom is 0.340 e. The fourth-order valence-electron chi connectivity index (χ4n) is 4.30. The van der Waals surface area contributed by atoms with Crippen LogP contribution < -0.4 is 15.4 Å². The number of hydrogen-bond acceptors (Lipinski definition) is 6. The zero-order valence-electron chi connectivity index (χ0n) is 18.9. The van der Waals surface area contributed by atoms with Crippen LogP contribution in [-0.4, -0.2) is 27.8 Å². The lowest BCUT2D eigenvalue weighted by molar-refractivity contribution is 0.0224. The number of anilines is 1.